The van der Waals surface area contributed by atoms with Crippen LogP contribution in [0, 0.1) is 0 Å². The monoisotopic (exact) mass is 300 g/mol. The van der Waals surface area contributed by atoms with Crippen LogP contribution in [0.25, 0.3) is 11.0 Å². The van der Waals surface area contributed by atoms with Gasteiger partial charge in [0.05, 0.1) is 35.6 Å². The van der Waals surface area contributed by atoms with Gasteiger partial charge in [0.15, 0.2) is 0 Å². The molecule has 102 valence electrons. The first-order valence-electron chi connectivity index (χ1n) is 5.62. The van der Waals surface area contributed by atoms with Crippen molar-refractivity contribution in [2.45, 2.75) is 0 Å². The van der Waals surface area contributed by atoms with Gasteiger partial charge >= 0.3 is 0 Å². The molecule has 0 unspecified atom stereocenters. The first-order valence-corrected chi connectivity index (χ1v) is 6.73. The highest BCUT2D eigenvalue weighted by atomic mass is 35.5. The molecule has 2 N–H and O–H groups in total. The van der Waals surface area contributed by atoms with E-state index in [1.54, 1.807) is 19.2 Å². The van der Waals surface area contributed by atoms with Gasteiger partial charge in [-0.25, -0.2) is 0 Å². The van der Waals surface area contributed by atoms with Crippen LogP contribution in [0.2, 0.25) is 5.02 Å². The molecule has 2 aromatic rings. The minimum atomic E-state index is -0.182. The van der Waals surface area contributed by atoms with E-state index in [2.05, 4.69) is 19.4 Å². The van der Waals surface area contributed by atoms with E-state index in [1.807, 2.05) is 0 Å². The predicted octanol–water partition coefficient (Wildman–Crippen LogP) is 1.52. The SMILES string of the molecule is COCCNCC(=O)Nc1c(Cl)ccc2nsnc12. The van der Waals surface area contributed by atoms with E-state index in [1.165, 1.54) is 0 Å². The smallest absolute Gasteiger partial charge is 0.238 e. The number of carbonyl (C=O) groups excluding carboxylic acids is 1. The molecule has 0 aliphatic heterocycles. The Balaban J connectivity index is 2.02. The summed E-state index contributed by atoms with van der Waals surface area (Å²) < 4.78 is 13.1. The Morgan fingerprint density at radius 2 is 2.32 bits per heavy atom. The lowest BCUT2D eigenvalue weighted by atomic mass is 10.2. The zero-order valence-electron chi connectivity index (χ0n) is 10.3. The zero-order valence-corrected chi connectivity index (χ0v) is 11.8. The van der Waals surface area contributed by atoms with Crippen LogP contribution in [0.3, 0.4) is 0 Å². The highest BCUT2D eigenvalue weighted by Gasteiger charge is 2.12. The highest BCUT2D eigenvalue weighted by molar-refractivity contribution is 7.00. The molecule has 0 saturated heterocycles. The number of carbonyl (C=O) groups is 1. The summed E-state index contributed by atoms with van der Waals surface area (Å²) in [6, 6.07) is 3.47. The first-order chi connectivity index (χ1) is 9.22. The van der Waals surface area contributed by atoms with E-state index in [0.717, 1.165) is 17.2 Å². The minimum Gasteiger partial charge on any atom is -0.383 e. The number of nitrogens with zero attached hydrogens (tertiary/aromatic N) is 2. The van der Waals surface area contributed by atoms with Crippen LogP contribution in [0.1, 0.15) is 0 Å². The number of hydrogen-bond acceptors (Lipinski definition) is 6. The van der Waals surface area contributed by atoms with Gasteiger partial charge in [-0.15, -0.1) is 0 Å². The van der Waals surface area contributed by atoms with Gasteiger partial charge in [0.1, 0.15) is 11.0 Å². The lowest BCUT2D eigenvalue weighted by molar-refractivity contribution is -0.115. The van der Waals surface area contributed by atoms with Crippen molar-refractivity contribution in [1.29, 1.82) is 0 Å². The molecular weight excluding hydrogens is 288 g/mol. The molecule has 0 aliphatic carbocycles. The zero-order chi connectivity index (χ0) is 13.7. The Kier molecular flexibility index (Phi) is 5.03. The molecule has 0 saturated carbocycles. The van der Waals surface area contributed by atoms with Crippen molar-refractivity contribution in [3.05, 3.63) is 17.2 Å². The Labute approximate surface area is 119 Å². The van der Waals surface area contributed by atoms with Crippen molar-refractivity contribution in [3.8, 4) is 0 Å². The third kappa shape index (κ3) is 3.60. The van der Waals surface area contributed by atoms with E-state index < -0.39 is 0 Å². The largest absolute Gasteiger partial charge is 0.383 e. The maximum absolute atomic E-state index is 11.8. The second-order valence-electron chi connectivity index (χ2n) is 3.77. The fraction of sp³-hybridized carbons (Fsp3) is 0.364. The summed E-state index contributed by atoms with van der Waals surface area (Å²) in [5.41, 5.74) is 1.84. The van der Waals surface area contributed by atoms with Crippen molar-refractivity contribution in [1.82, 2.24) is 14.1 Å². The summed E-state index contributed by atoms with van der Waals surface area (Å²) >= 11 is 7.15. The summed E-state index contributed by atoms with van der Waals surface area (Å²) in [6.45, 7) is 1.35. The lowest BCUT2D eigenvalue weighted by Gasteiger charge is -2.08. The van der Waals surface area contributed by atoms with E-state index in [4.69, 9.17) is 16.3 Å². The molecule has 1 amide bonds. The second-order valence-corrected chi connectivity index (χ2v) is 4.71. The molecular formula is C11H13ClN4O2S. The molecule has 1 aromatic carbocycles. The summed E-state index contributed by atoms with van der Waals surface area (Å²) in [6.07, 6.45) is 0. The van der Waals surface area contributed by atoms with E-state index >= 15 is 0 Å². The molecule has 19 heavy (non-hydrogen) atoms. The molecule has 2 rings (SSSR count). The molecule has 0 bridgehead atoms. The maximum atomic E-state index is 11.8. The van der Waals surface area contributed by atoms with Gasteiger partial charge in [-0.1, -0.05) is 11.6 Å². The number of methoxy groups -OCH3 is 1. The van der Waals surface area contributed by atoms with Crippen LogP contribution in [-0.4, -0.2) is 41.5 Å². The van der Waals surface area contributed by atoms with Gasteiger partial charge in [-0.05, 0) is 12.1 Å². The summed E-state index contributed by atoms with van der Waals surface area (Å²) in [5, 5.41) is 6.15. The van der Waals surface area contributed by atoms with Gasteiger partial charge in [-0.2, -0.15) is 8.75 Å². The van der Waals surface area contributed by atoms with Gasteiger partial charge in [0.25, 0.3) is 0 Å². The molecule has 0 radical (unpaired) electrons. The van der Waals surface area contributed by atoms with Gasteiger partial charge in [-0.3, -0.25) is 4.79 Å². The van der Waals surface area contributed by atoms with Gasteiger partial charge < -0.3 is 15.4 Å². The Morgan fingerprint density at radius 3 is 3.11 bits per heavy atom. The highest BCUT2D eigenvalue weighted by Crippen LogP contribution is 2.29. The number of nitrogens with one attached hydrogen (secondary N) is 2. The first kappa shape index (κ1) is 14.1. The van der Waals surface area contributed by atoms with Crippen LogP contribution in [0.4, 0.5) is 5.69 Å². The third-order valence-electron chi connectivity index (χ3n) is 2.41. The van der Waals surface area contributed by atoms with Crippen LogP contribution < -0.4 is 10.6 Å². The number of ether oxygens (including phenoxy) is 1. The number of amides is 1. The van der Waals surface area contributed by atoms with E-state index in [9.17, 15) is 4.79 Å². The molecule has 8 heteroatoms. The lowest BCUT2D eigenvalue weighted by Crippen LogP contribution is -2.30. The molecule has 0 spiro atoms. The van der Waals surface area contributed by atoms with Crippen LogP contribution in [0.15, 0.2) is 12.1 Å². The Bertz CT molecular complexity index is 575. The molecule has 0 atom stereocenters. The Hall–Kier alpha value is -1.28. The standard InChI is InChI=1S/C11H13ClN4O2S/c1-18-5-4-13-6-9(17)14-10-7(12)2-3-8-11(10)16-19-15-8/h2-3,13H,4-6H2,1H3,(H,14,17). The van der Waals surface area contributed by atoms with E-state index in [0.29, 0.717) is 29.4 Å². The quantitative estimate of drug-likeness (QED) is 0.791. The average molecular weight is 301 g/mol. The minimum absolute atomic E-state index is 0.182. The van der Waals surface area contributed by atoms with Crippen LogP contribution >= 0.6 is 23.3 Å². The molecule has 0 fully saturated rings. The number of aromatic nitrogens is 2. The van der Waals surface area contributed by atoms with Crippen molar-refractivity contribution in [3.63, 3.8) is 0 Å². The normalized spacial score (nSPS) is 10.8. The third-order valence-corrected chi connectivity index (χ3v) is 3.27. The number of fused-ring (bicyclic) bond motifs is 1. The summed E-state index contributed by atoms with van der Waals surface area (Å²) in [4.78, 5) is 11.8. The molecule has 1 heterocycles. The molecule has 0 aliphatic rings. The van der Waals surface area contributed by atoms with Gasteiger partial charge in [0.2, 0.25) is 5.91 Å². The molecule has 1 aromatic heterocycles. The Morgan fingerprint density at radius 1 is 1.47 bits per heavy atom. The topological polar surface area (TPSA) is 76.1 Å². The fourth-order valence-electron chi connectivity index (χ4n) is 1.51. The second kappa shape index (κ2) is 6.76. The van der Waals surface area contributed by atoms with Crippen LogP contribution in [0.5, 0.6) is 0 Å². The molecule has 6 nitrogen and oxygen atoms in total. The van der Waals surface area contributed by atoms with Crippen molar-refractivity contribution in [2.24, 2.45) is 0 Å². The number of anilines is 1. The van der Waals surface area contributed by atoms with Crippen molar-refractivity contribution < 1.29 is 9.53 Å². The summed E-state index contributed by atoms with van der Waals surface area (Å²) in [5.74, 6) is -0.182. The van der Waals surface area contributed by atoms with Crippen LogP contribution in [-0.2, 0) is 9.53 Å². The maximum Gasteiger partial charge on any atom is 0.238 e. The van der Waals surface area contributed by atoms with Gasteiger partial charge in [0, 0.05) is 13.7 Å². The number of rotatable bonds is 6. The number of halogens is 1. The van der Waals surface area contributed by atoms with Crippen molar-refractivity contribution >= 4 is 46.0 Å². The van der Waals surface area contributed by atoms with E-state index in [-0.39, 0.29) is 12.5 Å². The predicted molar refractivity (Wildman–Crippen MR) is 75.8 cm³/mol. The fourth-order valence-corrected chi connectivity index (χ4v) is 2.25. The average Bonchev–Trinajstić information content (AvgIpc) is 2.87. The number of hydrogen-bond donors (Lipinski definition) is 2. The number of benzene rings is 1. The summed E-state index contributed by atoms with van der Waals surface area (Å²) in [7, 11) is 1.61. The van der Waals surface area contributed by atoms with Crippen molar-refractivity contribution in [2.75, 3.05) is 32.1 Å².